The molecule has 1 nitrogen and oxygen atoms in total. The van der Waals surface area contributed by atoms with Crippen molar-refractivity contribution in [1.29, 1.82) is 0 Å². The third kappa shape index (κ3) is 2.25. The van der Waals surface area contributed by atoms with Crippen molar-refractivity contribution in [2.75, 3.05) is 0 Å². The molecule has 1 heterocycles. The summed E-state index contributed by atoms with van der Waals surface area (Å²) in [5.74, 6) is 0. The van der Waals surface area contributed by atoms with Crippen LogP contribution in [0.25, 0.3) is 5.69 Å². The van der Waals surface area contributed by atoms with E-state index in [1.807, 2.05) is 0 Å². The normalized spacial score (nSPS) is 10.7. The molecule has 0 radical (unpaired) electrons. The van der Waals surface area contributed by atoms with Gasteiger partial charge in [-0.2, -0.15) is 0 Å². The first-order chi connectivity index (χ1) is 7.76. The number of rotatable bonds is 3. The molecule has 0 aliphatic carbocycles. The standard InChI is InChI=1S/C13H13Br2N/c1-10-2-4-12(5-3-10)16-7-6-11(8-14)13(16)9-15/h2-7H,8-9H2,1H3. The molecular weight excluding hydrogens is 330 g/mol. The van der Waals surface area contributed by atoms with Gasteiger partial charge < -0.3 is 4.57 Å². The molecule has 0 N–H and O–H groups in total. The average Bonchev–Trinajstić information content (AvgIpc) is 2.72. The van der Waals surface area contributed by atoms with Crippen molar-refractivity contribution >= 4 is 31.9 Å². The summed E-state index contributed by atoms with van der Waals surface area (Å²) in [4.78, 5) is 0. The van der Waals surface area contributed by atoms with Gasteiger partial charge in [-0.15, -0.1) is 0 Å². The molecule has 0 saturated carbocycles. The van der Waals surface area contributed by atoms with E-state index in [1.165, 1.54) is 22.5 Å². The summed E-state index contributed by atoms with van der Waals surface area (Å²) >= 11 is 7.06. The Morgan fingerprint density at radius 2 is 1.69 bits per heavy atom. The summed E-state index contributed by atoms with van der Waals surface area (Å²) in [6, 6.07) is 10.7. The molecule has 0 aliphatic rings. The molecular formula is C13H13Br2N. The van der Waals surface area contributed by atoms with Crippen LogP contribution in [0.3, 0.4) is 0 Å². The van der Waals surface area contributed by atoms with Crippen molar-refractivity contribution in [3.05, 3.63) is 53.3 Å². The fourth-order valence-corrected chi connectivity index (χ4v) is 2.87. The van der Waals surface area contributed by atoms with Crippen LogP contribution in [-0.4, -0.2) is 4.57 Å². The average molecular weight is 343 g/mol. The van der Waals surface area contributed by atoms with Crippen LogP contribution < -0.4 is 0 Å². The van der Waals surface area contributed by atoms with Gasteiger partial charge >= 0.3 is 0 Å². The molecule has 0 atom stereocenters. The van der Waals surface area contributed by atoms with Crippen molar-refractivity contribution in [3.63, 3.8) is 0 Å². The van der Waals surface area contributed by atoms with Gasteiger partial charge in [0.1, 0.15) is 0 Å². The van der Waals surface area contributed by atoms with Gasteiger partial charge in [0, 0.05) is 28.2 Å². The number of aromatic nitrogens is 1. The Kier molecular flexibility index (Phi) is 3.87. The molecule has 84 valence electrons. The van der Waals surface area contributed by atoms with E-state index in [1.54, 1.807) is 0 Å². The molecule has 0 saturated heterocycles. The maximum Gasteiger partial charge on any atom is 0.0452 e. The van der Waals surface area contributed by atoms with E-state index in [-0.39, 0.29) is 0 Å². The Morgan fingerprint density at radius 3 is 2.25 bits per heavy atom. The summed E-state index contributed by atoms with van der Waals surface area (Å²) in [5.41, 5.74) is 5.14. The Bertz CT molecular complexity index is 471. The van der Waals surface area contributed by atoms with Gasteiger partial charge in [-0.3, -0.25) is 0 Å². The highest BCUT2D eigenvalue weighted by Gasteiger charge is 2.07. The highest BCUT2D eigenvalue weighted by atomic mass is 79.9. The second kappa shape index (κ2) is 5.19. The van der Waals surface area contributed by atoms with Crippen molar-refractivity contribution in [3.8, 4) is 5.69 Å². The maximum absolute atomic E-state index is 3.55. The predicted octanol–water partition coefficient (Wildman–Crippen LogP) is 4.58. The summed E-state index contributed by atoms with van der Waals surface area (Å²) < 4.78 is 2.23. The summed E-state index contributed by atoms with van der Waals surface area (Å²) in [5, 5.41) is 1.77. The molecule has 2 rings (SSSR count). The van der Waals surface area contributed by atoms with E-state index in [4.69, 9.17) is 0 Å². The number of alkyl halides is 2. The van der Waals surface area contributed by atoms with E-state index >= 15 is 0 Å². The first-order valence-electron chi connectivity index (χ1n) is 5.14. The van der Waals surface area contributed by atoms with Crippen molar-refractivity contribution in [1.82, 2.24) is 4.57 Å². The molecule has 16 heavy (non-hydrogen) atoms. The smallest absolute Gasteiger partial charge is 0.0452 e. The van der Waals surface area contributed by atoms with E-state index in [0.717, 1.165) is 10.7 Å². The first kappa shape index (κ1) is 11.9. The first-order valence-corrected chi connectivity index (χ1v) is 7.38. The molecule has 0 fully saturated rings. The van der Waals surface area contributed by atoms with Crippen LogP contribution >= 0.6 is 31.9 Å². The largest absolute Gasteiger partial charge is 0.320 e. The molecule has 0 bridgehead atoms. The summed E-state index contributed by atoms with van der Waals surface area (Å²) in [7, 11) is 0. The number of aryl methyl sites for hydroxylation is 1. The maximum atomic E-state index is 3.55. The van der Waals surface area contributed by atoms with Crippen LogP contribution in [0, 0.1) is 6.92 Å². The zero-order valence-corrected chi connectivity index (χ0v) is 12.3. The topological polar surface area (TPSA) is 4.93 Å². The third-order valence-corrected chi connectivity index (χ3v) is 3.80. The van der Waals surface area contributed by atoms with E-state index in [9.17, 15) is 0 Å². The minimum absolute atomic E-state index is 0.870. The zero-order chi connectivity index (χ0) is 11.5. The molecule has 0 aliphatic heterocycles. The van der Waals surface area contributed by atoms with Gasteiger partial charge in [0.2, 0.25) is 0 Å². The molecule has 0 spiro atoms. The van der Waals surface area contributed by atoms with Crippen LogP contribution in [-0.2, 0) is 10.7 Å². The highest BCUT2D eigenvalue weighted by Crippen LogP contribution is 2.22. The fraction of sp³-hybridized carbons (Fsp3) is 0.231. The molecule has 0 amide bonds. The minimum Gasteiger partial charge on any atom is -0.320 e. The Balaban J connectivity index is 2.47. The van der Waals surface area contributed by atoms with Crippen molar-refractivity contribution in [2.24, 2.45) is 0 Å². The van der Waals surface area contributed by atoms with Gasteiger partial charge in [0.05, 0.1) is 0 Å². The molecule has 0 unspecified atom stereocenters. The molecule has 2 aromatic rings. The zero-order valence-electron chi connectivity index (χ0n) is 9.08. The Hall–Kier alpha value is -0.540. The summed E-state index contributed by atoms with van der Waals surface area (Å²) in [6.45, 7) is 2.11. The fourth-order valence-electron chi connectivity index (χ4n) is 1.72. The lowest BCUT2D eigenvalue weighted by atomic mass is 10.2. The van der Waals surface area contributed by atoms with Gasteiger partial charge in [0.15, 0.2) is 0 Å². The van der Waals surface area contributed by atoms with Gasteiger partial charge in [-0.25, -0.2) is 0 Å². The van der Waals surface area contributed by atoms with Crippen LogP contribution in [0.2, 0.25) is 0 Å². The lowest BCUT2D eigenvalue weighted by Gasteiger charge is -2.09. The van der Waals surface area contributed by atoms with E-state index in [2.05, 4.69) is 79.9 Å². The lowest BCUT2D eigenvalue weighted by molar-refractivity contribution is 0.995. The van der Waals surface area contributed by atoms with Crippen molar-refractivity contribution in [2.45, 2.75) is 17.6 Å². The van der Waals surface area contributed by atoms with Crippen LogP contribution in [0.1, 0.15) is 16.8 Å². The monoisotopic (exact) mass is 341 g/mol. The molecule has 3 heteroatoms. The molecule has 1 aromatic heterocycles. The lowest BCUT2D eigenvalue weighted by Crippen LogP contribution is -1.98. The molecule has 1 aromatic carbocycles. The second-order valence-corrected chi connectivity index (χ2v) is 4.88. The number of benzene rings is 1. The predicted molar refractivity (Wildman–Crippen MR) is 75.8 cm³/mol. The minimum atomic E-state index is 0.870. The number of nitrogens with zero attached hydrogens (tertiary/aromatic N) is 1. The van der Waals surface area contributed by atoms with Gasteiger partial charge in [-0.05, 0) is 30.7 Å². The second-order valence-electron chi connectivity index (χ2n) is 3.76. The quantitative estimate of drug-likeness (QED) is 0.720. The van der Waals surface area contributed by atoms with Crippen LogP contribution in [0.15, 0.2) is 36.5 Å². The van der Waals surface area contributed by atoms with Crippen LogP contribution in [0.4, 0.5) is 0 Å². The van der Waals surface area contributed by atoms with E-state index < -0.39 is 0 Å². The summed E-state index contributed by atoms with van der Waals surface area (Å²) in [6.07, 6.45) is 2.12. The van der Waals surface area contributed by atoms with Gasteiger partial charge in [-0.1, -0.05) is 49.6 Å². The highest BCUT2D eigenvalue weighted by molar-refractivity contribution is 9.09. The van der Waals surface area contributed by atoms with Crippen molar-refractivity contribution < 1.29 is 0 Å². The Labute approximate surface area is 113 Å². The third-order valence-electron chi connectivity index (χ3n) is 2.67. The Morgan fingerprint density at radius 1 is 1.00 bits per heavy atom. The number of hydrogen-bond acceptors (Lipinski definition) is 0. The number of halogens is 2. The van der Waals surface area contributed by atoms with Crippen LogP contribution in [0.5, 0.6) is 0 Å². The van der Waals surface area contributed by atoms with Gasteiger partial charge in [0.25, 0.3) is 0 Å². The SMILES string of the molecule is Cc1ccc(-n2ccc(CBr)c2CBr)cc1. The number of hydrogen-bond donors (Lipinski definition) is 0. The van der Waals surface area contributed by atoms with E-state index in [0.29, 0.717) is 0 Å².